The van der Waals surface area contributed by atoms with E-state index in [1.54, 1.807) is 12.3 Å². The van der Waals surface area contributed by atoms with E-state index in [2.05, 4.69) is 47.7 Å². The fraction of sp³-hybridized carbons (Fsp3) is 0.188. The van der Waals surface area contributed by atoms with Crippen LogP contribution in [0, 0.1) is 17.9 Å². The van der Waals surface area contributed by atoms with Gasteiger partial charge in [-0.15, -0.1) is 0 Å². The summed E-state index contributed by atoms with van der Waals surface area (Å²) in [6, 6.07) is 7.68. The molecule has 0 fully saturated rings. The number of anilines is 1. The Labute approximate surface area is 142 Å². The topological polar surface area (TPSA) is 80.9 Å². The lowest BCUT2D eigenvalue weighted by Gasteiger charge is -2.27. The Balaban J connectivity index is 2.24. The average molecular weight is 369 g/mol. The van der Waals surface area contributed by atoms with Crippen LogP contribution in [0.5, 0.6) is 0 Å². The van der Waals surface area contributed by atoms with Gasteiger partial charge in [0.2, 0.25) is 0 Å². The number of aromatic amines is 1. The highest BCUT2D eigenvalue weighted by Crippen LogP contribution is 2.44. The Hall–Kier alpha value is -2.61. The molecule has 6 nitrogen and oxygen atoms in total. The molecule has 0 radical (unpaired) electrons. The van der Waals surface area contributed by atoms with Crippen molar-refractivity contribution in [2.24, 2.45) is 0 Å². The number of nitrogens with zero attached hydrogens (tertiary/aromatic N) is 3. The van der Waals surface area contributed by atoms with Gasteiger partial charge in [-0.3, -0.25) is 5.10 Å². The summed E-state index contributed by atoms with van der Waals surface area (Å²) in [7, 11) is 1.83. The third-order valence-corrected chi connectivity index (χ3v) is 4.66. The Morgan fingerprint density at radius 2 is 2.30 bits per heavy atom. The van der Waals surface area contributed by atoms with Crippen LogP contribution in [0.3, 0.4) is 0 Å². The van der Waals surface area contributed by atoms with Gasteiger partial charge < -0.3 is 10.6 Å². The third-order valence-electron chi connectivity index (χ3n) is 3.77. The quantitative estimate of drug-likeness (QED) is 0.727. The summed E-state index contributed by atoms with van der Waals surface area (Å²) in [6.07, 6.45) is 1.72. The number of fused-ring (bicyclic) bond motifs is 1. The monoisotopic (exact) mass is 368 g/mol. The van der Waals surface area contributed by atoms with Crippen LogP contribution in [0.1, 0.15) is 22.6 Å². The molecule has 2 aromatic rings. The molecule has 2 heterocycles. The normalized spacial score (nSPS) is 16.3. The highest BCUT2D eigenvalue weighted by Gasteiger charge is 2.32. The summed E-state index contributed by atoms with van der Waals surface area (Å²) in [5.41, 5.74) is 3.73. The second-order valence-corrected chi connectivity index (χ2v) is 5.88. The second-order valence-electron chi connectivity index (χ2n) is 5.08. The standard InChI is InChI=1S/C16H13BrN6/c1-19-8-12-15(20-2)13(11-7-21-23-16(11)22-12)10-5-3-4-9(6-18)14(10)17/h3-5,7,13,19H,8H2,1H3,(H2,21,22,23). The minimum Gasteiger partial charge on any atom is -0.353 e. The van der Waals surface area contributed by atoms with E-state index in [0.29, 0.717) is 22.3 Å². The summed E-state index contributed by atoms with van der Waals surface area (Å²) in [6.45, 7) is 8.18. The van der Waals surface area contributed by atoms with E-state index < -0.39 is 0 Å². The summed E-state index contributed by atoms with van der Waals surface area (Å²) < 4.78 is 0.714. The first kappa shape index (κ1) is 15.3. The van der Waals surface area contributed by atoms with Gasteiger partial charge in [-0.1, -0.05) is 12.1 Å². The number of H-pyrrole nitrogens is 1. The molecule has 3 N–H and O–H groups in total. The van der Waals surface area contributed by atoms with E-state index in [-0.39, 0.29) is 5.92 Å². The van der Waals surface area contributed by atoms with Crippen LogP contribution in [0.15, 0.2) is 40.3 Å². The van der Waals surface area contributed by atoms with Crippen molar-refractivity contribution in [1.29, 1.82) is 5.26 Å². The van der Waals surface area contributed by atoms with Crippen LogP contribution < -0.4 is 10.6 Å². The molecule has 1 atom stereocenters. The number of hydrogen-bond acceptors (Lipinski definition) is 4. The summed E-state index contributed by atoms with van der Waals surface area (Å²) in [5.74, 6) is 0.510. The molecule has 114 valence electrons. The lowest BCUT2D eigenvalue weighted by atomic mass is 9.86. The summed E-state index contributed by atoms with van der Waals surface area (Å²) in [5, 5.41) is 22.6. The number of nitriles is 1. The maximum atomic E-state index is 9.26. The van der Waals surface area contributed by atoms with Crippen LogP contribution in [0.4, 0.5) is 5.82 Å². The van der Waals surface area contributed by atoms with Gasteiger partial charge in [0.15, 0.2) is 5.70 Å². The fourth-order valence-electron chi connectivity index (χ4n) is 2.77. The van der Waals surface area contributed by atoms with Gasteiger partial charge in [-0.25, -0.2) is 4.85 Å². The van der Waals surface area contributed by atoms with Crippen molar-refractivity contribution in [2.75, 3.05) is 18.9 Å². The Morgan fingerprint density at radius 1 is 1.48 bits per heavy atom. The number of benzene rings is 1. The smallest absolute Gasteiger partial charge is 0.197 e. The number of likely N-dealkylation sites (N-methyl/N-ethyl adjacent to an activating group) is 1. The second kappa shape index (κ2) is 6.25. The molecule has 1 aromatic carbocycles. The van der Waals surface area contributed by atoms with Crippen molar-refractivity contribution in [3.63, 3.8) is 0 Å². The molecule has 0 aliphatic carbocycles. The van der Waals surface area contributed by atoms with E-state index in [0.717, 1.165) is 22.6 Å². The first-order chi connectivity index (χ1) is 11.2. The number of aromatic nitrogens is 2. The zero-order valence-corrected chi connectivity index (χ0v) is 13.9. The van der Waals surface area contributed by atoms with Gasteiger partial charge >= 0.3 is 0 Å². The zero-order chi connectivity index (χ0) is 16.4. The van der Waals surface area contributed by atoms with Gasteiger partial charge in [0.25, 0.3) is 0 Å². The van der Waals surface area contributed by atoms with E-state index in [1.165, 1.54) is 0 Å². The van der Waals surface area contributed by atoms with Gasteiger partial charge in [0.1, 0.15) is 11.9 Å². The molecular weight excluding hydrogens is 356 g/mol. The average Bonchev–Trinajstić information content (AvgIpc) is 3.02. The minimum absolute atomic E-state index is 0.270. The largest absolute Gasteiger partial charge is 0.353 e. The molecule has 0 bridgehead atoms. The number of nitrogens with one attached hydrogen (secondary N) is 3. The fourth-order valence-corrected chi connectivity index (χ4v) is 3.35. The first-order valence-corrected chi connectivity index (χ1v) is 7.74. The Bertz CT molecular complexity index is 867. The SMILES string of the molecule is [C-]#[N+]C1=C(CNC)Nc2[nH]ncc2C1c1cccc(C#N)c1Br. The molecule has 0 saturated heterocycles. The first-order valence-electron chi connectivity index (χ1n) is 6.95. The molecule has 3 rings (SSSR count). The van der Waals surface area contributed by atoms with Gasteiger partial charge in [-0.05, 0) is 34.6 Å². The van der Waals surface area contributed by atoms with Crippen LogP contribution in [-0.2, 0) is 0 Å². The highest BCUT2D eigenvalue weighted by molar-refractivity contribution is 9.10. The van der Waals surface area contributed by atoms with Crippen LogP contribution in [0.25, 0.3) is 4.85 Å². The third kappa shape index (κ3) is 2.50. The molecule has 7 heteroatoms. The molecule has 23 heavy (non-hydrogen) atoms. The molecule has 0 amide bonds. The van der Waals surface area contributed by atoms with Gasteiger partial charge in [0, 0.05) is 22.3 Å². The van der Waals surface area contributed by atoms with Crippen molar-refractivity contribution in [2.45, 2.75) is 5.92 Å². The summed E-state index contributed by atoms with van der Waals surface area (Å²) in [4.78, 5) is 3.76. The van der Waals surface area contributed by atoms with E-state index in [1.807, 2.05) is 19.2 Å². The molecule has 1 aliphatic rings. The van der Waals surface area contributed by atoms with E-state index >= 15 is 0 Å². The van der Waals surface area contributed by atoms with E-state index in [9.17, 15) is 5.26 Å². The Morgan fingerprint density at radius 3 is 3.00 bits per heavy atom. The van der Waals surface area contributed by atoms with Crippen LogP contribution >= 0.6 is 15.9 Å². The summed E-state index contributed by atoms with van der Waals surface area (Å²) >= 11 is 3.52. The van der Waals surface area contributed by atoms with Crippen LogP contribution in [-0.4, -0.2) is 23.8 Å². The van der Waals surface area contributed by atoms with Gasteiger partial charge in [-0.2, -0.15) is 10.4 Å². The van der Waals surface area contributed by atoms with Crippen molar-refractivity contribution in [1.82, 2.24) is 15.5 Å². The molecule has 0 spiro atoms. The highest BCUT2D eigenvalue weighted by atomic mass is 79.9. The predicted molar refractivity (Wildman–Crippen MR) is 90.5 cm³/mol. The maximum Gasteiger partial charge on any atom is 0.197 e. The maximum absolute atomic E-state index is 9.26. The lowest BCUT2D eigenvalue weighted by Crippen LogP contribution is -2.24. The number of halogens is 1. The number of rotatable bonds is 3. The van der Waals surface area contributed by atoms with Crippen molar-refractivity contribution in [3.05, 3.63) is 68.4 Å². The molecular formula is C16H13BrN6. The lowest BCUT2D eigenvalue weighted by molar-refractivity contribution is 0.835. The Kier molecular flexibility index (Phi) is 4.16. The predicted octanol–water partition coefficient (Wildman–Crippen LogP) is 2.95. The number of hydrogen-bond donors (Lipinski definition) is 3. The molecule has 0 saturated carbocycles. The van der Waals surface area contributed by atoms with E-state index in [4.69, 9.17) is 6.57 Å². The minimum atomic E-state index is -0.270. The van der Waals surface area contributed by atoms with Crippen molar-refractivity contribution >= 4 is 21.7 Å². The molecule has 1 aromatic heterocycles. The van der Waals surface area contributed by atoms with Crippen molar-refractivity contribution < 1.29 is 0 Å². The van der Waals surface area contributed by atoms with Crippen LogP contribution in [0.2, 0.25) is 0 Å². The van der Waals surface area contributed by atoms with Crippen molar-refractivity contribution in [3.8, 4) is 6.07 Å². The number of allylic oxidation sites excluding steroid dienone is 1. The van der Waals surface area contributed by atoms with Gasteiger partial charge in [0.05, 0.1) is 24.3 Å². The molecule has 1 unspecified atom stereocenters. The zero-order valence-electron chi connectivity index (χ0n) is 12.3. The molecule has 1 aliphatic heterocycles.